The molecule has 4 rings (SSSR count). The number of benzene rings is 3. The van der Waals surface area contributed by atoms with Crippen LogP contribution in [-0.4, -0.2) is 17.8 Å². The molecular weight excluding hydrogens is 555 g/mol. The summed E-state index contributed by atoms with van der Waals surface area (Å²) in [6.45, 7) is 3.83. The second-order valence-corrected chi connectivity index (χ2v) is 9.64. The molecule has 1 fully saturated rings. The van der Waals surface area contributed by atoms with Crippen molar-refractivity contribution in [2.45, 2.75) is 20.5 Å². The maximum atomic E-state index is 13.4. The number of nitrogens with zero attached hydrogens (tertiary/aromatic N) is 1. The van der Waals surface area contributed by atoms with Gasteiger partial charge in [-0.25, -0.2) is 9.69 Å². The van der Waals surface area contributed by atoms with Gasteiger partial charge in [0, 0.05) is 25.6 Å². The first-order valence-electron chi connectivity index (χ1n) is 10.5. The van der Waals surface area contributed by atoms with Gasteiger partial charge in [-0.15, -0.1) is 0 Å². The van der Waals surface area contributed by atoms with Crippen LogP contribution in [0, 0.1) is 13.8 Å². The molecule has 0 aliphatic carbocycles. The molecule has 0 bridgehead atoms. The number of rotatable bonds is 5. The molecule has 1 aliphatic heterocycles. The van der Waals surface area contributed by atoms with Crippen molar-refractivity contribution < 1.29 is 19.1 Å². The molecule has 0 spiro atoms. The number of hydrogen-bond acceptors (Lipinski definition) is 4. The minimum atomic E-state index is -0.797. The molecular formula is C26H19BrCl2N2O4. The van der Waals surface area contributed by atoms with E-state index >= 15 is 0 Å². The zero-order chi connectivity index (χ0) is 25.3. The fraction of sp³-hybridized carbons (Fsp3) is 0.115. The van der Waals surface area contributed by atoms with Crippen LogP contribution in [0.2, 0.25) is 10.0 Å². The minimum Gasteiger partial charge on any atom is -0.488 e. The highest BCUT2D eigenvalue weighted by Gasteiger charge is 2.37. The van der Waals surface area contributed by atoms with Crippen LogP contribution >= 0.6 is 39.1 Å². The molecule has 3 aromatic rings. The lowest BCUT2D eigenvalue weighted by molar-refractivity contribution is -0.122. The van der Waals surface area contributed by atoms with E-state index in [2.05, 4.69) is 21.2 Å². The number of halogens is 3. The second kappa shape index (κ2) is 10.2. The molecule has 0 unspecified atom stereocenters. The van der Waals surface area contributed by atoms with Crippen molar-refractivity contribution in [3.8, 4) is 5.75 Å². The first kappa shape index (κ1) is 25.0. The predicted molar refractivity (Wildman–Crippen MR) is 140 cm³/mol. The molecule has 0 atom stereocenters. The quantitative estimate of drug-likeness (QED) is 0.275. The lowest BCUT2D eigenvalue weighted by atomic mass is 10.0. The second-order valence-electron chi connectivity index (χ2n) is 7.88. The van der Waals surface area contributed by atoms with Gasteiger partial charge in [-0.05, 0) is 67.4 Å². The number of amides is 4. The fourth-order valence-corrected chi connectivity index (χ4v) is 4.41. The largest absolute Gasteiger partial charge is 0.488 e. The third-order valence-electron chi connectivity index (χ3n) is 5.59. The number of aryl methyl sites for hydroxylation is 1. The topological polar surface area (TPSA) is 75.7 Å². The first-order valence-corrected chi connectivity index (χ1v) is 12.0. The van der Waals surface area contributed by atoms with Gasteiger partial charge in [-0.2, -0.15) is 0 Å². The number of carbonyl (C=O) groups excluding carboxylic acids is 3. The van der Waals surface area contributed by atoms with Gasteiger partial charge in [0.15, 0.2) is 0 Å². The Morgan fingerprint density at radius 3 is 2.54 bits per heavy atom. The van der Waals surface area contributed by atoms with Crippen LogP contribution in [0.3, 0.4) is 0 Å². The molecule has 9 heteroatoms. The van der Waals surface area contributed by atoms with Gasteiger partial charge in [-0.3, -0.25) is 14.9 Å². The van der Waals surface area contributed by atoms with Crippen LogP contribution in [0.4, 0.5) is 10.5 Å². The molecule has 35 heavy (non-hydrogen) atoms. The Bertz CT molecular complexity index is 1400. The Balaban J connectivity index is 1.70. The summed E-state index contributed by atoms with van der Waals surface area (Å²) < 4.78 is 6.68. The van der Waals surface area contributed by atoms with Crippen LogP contribution in [0.25, 0.3) is 6.08 Å². The summed E-state index contributed by atoms with van der Waals surface area (Å²) >= 11 is 15.6. The SMILES string of the molecule is Cc1cccc(N2C(=O)NC(=O)/C(=C\c3cc(Br)ccc3OCc3ccc(Cl)cc3Cl)C2=O)c1C. The molecule has 1 heterocycles. The van der Waals surface area contributed by atoms with Gasteiger partial charge in [0.2, 0.25) is 0 Å². The van der Waals surface area contributed by atoms with Gasteiger partial charge in [-0.1, -0.05) is 57.3 Å². The number of imide groups is 2. The summed E-state index contributed by atoms with van der Waals surface area (Å²) in [6, 6.07) is 14.8. The van der Waals surface area contributed by atoms with E-state index in [-0.39, 0.29) is 12.2 Å². The summed E-state index contributed by atoms with van der Waals surface area (Å²) in [7, 11) is 0. The average Bonchev–Trinajstić information content (AvgIpc) is 2.79. The number of anilines is 1. The lowest BCUT2D eigenvalue weighted by Crippen LogP contribution is -2.54. The van der Waals surface area contributed by atoms with Crippen molar-refractivity contribution in [2.24, 2.45) is 0 Å². The van der Waals surface area contributed by atoms with Gasteiger partial charge in [0.05, 0.1) is 5.69 Å². The van der Waals surface area contributed by atoms with E-state index in [1.54, 1.807) is 48.5 Å². The summed E-state index contributed by atoms with van der Waals surface area (Å²) in [5, 5.41) is 3.23. The molecule has 3 aromatic carbocycles. The Hall–Kier alpha value is -3.13. The van der Waals surface area contributed by atoms with Crippen molar-refractivity contribution in [3.05, 3.63) is 96.9 Å². The lowest BCUT2D eigenvalue weighted by Gasteiger charge is -2.28. The molecule has 1 N–H and O–H groups in total. The molecule has 0 radical (unpaired) electrons. The van der Waals surface area contributed by atoms with E-state index in [4.69, 9.17) is 27.9 Å². The summed E-state index contributed by atoms with van der Waals surface area (Å²) in [4.78, 5) is 39.6. The number of carbonyl (C=O) groups is 3. The van der Waals surface area contributed by atoms with Crippen LogP contribution < -0.4 is 15.0 Å². The van der Waals surface area contributed by atoms with Gasteiger partial charge in [0.1, 0.15) is 17.9 Å². The summed E-state index contributed by atoms with van der Waals surface area (Å²) in [5.41, 5.74) is 3.08. The summed E-state index contributed by atoms with van der Waals surface area (Å²) in [6.07, 6.45) is 1.41. The molecule has 0 aromatic heterocycles. The van der Waals surface area contributed by atoms with Crippen LogP contribution in [0.5, 0.6) is 5.75 Å². The Labute approximate surface area is 220 Å². The Morgan fingerprint density at radius 1 is 1.03 bits per heavy atom. The third-order valence-corrected chi connectivity index (χ3v) is 6.67. The molecule has 6 nitrogen and oxygen atoms in total. The normalized spacial score (nSPS) is 14.9. The highest BCUT2D eigenvalue weighted by Crippen LogP contribution is 2.31. The van der Waals surface area contributed by atoms with Crippen molar-refractivity contribution in [3.63, 3.8) is 0 Å². The fourth-order valence-electron chi connectivity index (χ4n) is 3.57. The van der Waals surface area contributed by atoms with E-state index in [0.717, 1.165) is 21.6 Å². The predicted octanol–water partition coefficient (Wildman–Crippen LogP) is 6.62. The summed E-state index contributed by atoms with van der Waals surface area (Å²) in [5.74, 6) is -1.09. The number of nitrogens with one attached hydrogen (secondary N) is 1. The van der Waals surface area contributed by atoms with E-state index in [9.17, 15) is 14.4 Å². The maximum Gasteiger partial charge on any atom is 0.335 e. The Morgan fingerprint density at radius 2 is 1.80 bits per heavy atom. The zero-order valence-electron chi connectivity index (χ0n) is 18.7. The highest BCUT2D eigenvalue weighted by atomic mass is 79.9. The maximum absolute atomic E-state index is 13.4. The zero-order valence-corrected chi connectivity index (χ0v) is 21.8. The smallest absolute Gasteiger partial charge is 0.335 e. The first-order chi connectivity index (χ1) is 16.7. The average molecular weight is 574 g/mol. The molecule has 178 valence electrons. The molecule has 1 aliphatic rings. The van der Waals surface area contributed by atoms with Crippen LogP contribution in [0.1, 0.15) is 22.3 Å². The van der Waals surface area contributed by atoms with Gasteiger partial charge >= 0.3 is 6.03 Å². The highest BCUT2D eigenvalue weighted by molar-refractivity contribution is 9.10. The van der Waals surface area contributed by atoms with Crippen molar-refractivity contribution >= 4 is 68.7 Å². The Kier molecular flexibility index (Phi) is 7.31. The van der Waals surface area contributed by atoms with Crippen LogP contribution in [0.15, 0.2) is 64.6 Å². The molecule has 0 saturated carbocycles. The molecule has 1 saturated heterocycles. The minimum absolute atomic E-state index is 0.140. The van der Waals surface area contributed by atoms with Crippen molar-refractivity contribution in [1.82, 2.24) is 5.32 Å². The number of hydrogen-bond donors (Lipinski definition) is 1. The standard InChI is InChI=1S/C26H19BrCl2N2O4/c1-14-4-3-5-22(15(14)2)31-25(33)20(24(32)30-26(31)34)11-17-10-18(27)7-9-23(17)35-13-16-6-8-19(28)12-21(16)29/h3-12H,13H2,1-2H3,(H,30,32,34)/b20-11+. The third kappa shape index (κ3) is 5.27. The molecule has 4 amide bonds. The van der Waals surface area contributed by atoms with E-state index in [0.29, 0.717) is 31.5 Å². The van der Waals surface area contributed by atoms with Crippen LogP contribution in [-0.2, 0) is 16.2 Å². The van der Waals surface area contributed by atoms with Crippen molar-refractivity contribution in [1.29, 1.82) is 0 Å². The van der Waals surface area contributed by atoms with Gasteiger partial charge < -0.3 is 4.74 Å². The number of barbiturate groups is 1. The monoisotopic (exact) mass is 572 g/mol. The number of urea groups is 1. The number of ether oxygens (including phenoxy) is 1. The van der Waals surface area contributed by atoms with E-state index in [1.165, 1.54) is 6.08 Å². The van der Waals surface area contributed by atoms with E-state index < -0.39 is 17.8 Å². The van der Waals surface area contributed by atoms with E-state index in [1.807, 2.05) is 19.9 Å². The van der Waals surface area contributed by atoms with Crippen molar-refractivity contribution in [2.75, 3.05) is 4.90 Å². The van der Waals surface area contributed by atoms with Gasteiger partial charge in [0.25, 0.3) is 11.8 Å².